The minimum absolute atomic E-state index is 0.242. The Kier molecular flexibility index (Phi) is 2.64. The van der Waals surface area contributed by atoms with Gasteiger partial charge in [-0.3, -0.25) is 4.79 Å². The van der Waals surface area contributed by atoms with Crippen LogP contribution >= 0.6 is 0 Å². The van der Waals surface area contributed by atoms with Gasteiger partial charge in [0, 0.05) is 11.3 Å². The van der Waals surface area contributed by atoms with Gasteiger partial charge in [-0.05, 0) is 13.0 Å². The quantitative estimate of drug-likeness (QED) is 0.822. The van der Waals surface area contributed by atoms with Gasteiger partial charge >= 0.3 is 0 Å². The van der Waals surface area contributed by atoms with Crippen molar-refractivity contribution >= 4 is 5.91 Å². The molecule has 0 fully saturated rings. The van der Waals surface area contributed by atoms with E-state index in [1.165, 1.54) is 0 Å². The van der Waals surface area contributed by atoms with Crippen LogP contribution in [-0.2, 0) is 0 Å². The zero-order valence-electron chi connectivity index (χ0n) is 8.84. The van der Waals surface area contributed by atoms with Gasteiger partial charge in [-0.15, -0.1) is 0 Å². The molecule has 4 nitrogen and oxygen atoms in total. The maximum Gasteiger partial charge on any atom is 0.267 e. The third-order valence-corrected chi connectivity index (χ3v) is 2.14. The van der Waals surface area contributed by atoms with Crippen LogP contribution in [0.2, 0.25) is 0 Å². The number of hydrogen-bond donors (Lipinski definition) is 1. The molecule has 0 saturated carbocycles. The van der Waals surface area contributed by atoms with E-state index in [0.717, 1.165) is 11.3 Å². The number of benzene rings is 1. The van der Waals surface area contributed by atoms with E-state index < -0.39 is 5.91 Å². The largest absolute Gasteiger partial charge is 0.364 e. The monoisotopic (exact) mass is 213 g/mol. The number of hydrogen-bond acceptors (Lipinski definition) is 3. The summed E-state index contributed by atoms with van der Waals surface area (Å²) in [5, 5.41) is 0. The average Bonchev–Trinajstić information content (AvgIpc) is 2.29. The number of amides is 1. The van der Waals surface area contributed by atoms with Crippen LogP contribution in [0.5, 0.6) is 0 Å². The number of nitrogens with two attached hydrogens (primary N) is 1. The van der Waals surface area contributed by atoms with Gasteiger partial charge in [0.2, 0.25) is 0 Å². The standard InChI is InChI=1S/C12H11N3O/c1-8-7-10(11(13)16)15-12(14-8)9-5-3-2-4-6-9/h2-7H,1H3,(H2,13,16). The molecule has 80 valence electrons. The Labute approximate surface area is 93.2 Å². The molecule has 4 heteroatoms. The molecule has 0 atom stereocenters. The van der Waals surface area contributed by atoms with E-state index >= 15 is 0 Å². The highest BCUT2D eigenvalue weighted by molar-refractivity contribution is 5.91. The number of nitrogens with zero attached hydrogens (tertiary/aromatic N) is 2. The second kappa shape index (κ2) is 4.10. The Morgan fingerprint density at radius 2 is 1.88 bits per heavy atom. The topological polar surface area (TPSA) is 68.9 Å². The first-order valence-electron chi connectivity index (χ1n) is 4.88. The summed E-state index contributed by atoms with van der Waals surface area (Å²) in [7, 11) is 0. The van der Waals surface area contributed by atoms with Crippen LogP contribution in [-0.4, -0.2) is 15.9 Å². The Morgan fingerprint density at radius 1 is 1.19 bits per heavy atom. The number of rotatable bonds is 2. The molecule has 16 heavy (non-hydrogen) atoms. The van der Waals surface area contributed by atoms with Gasteiger partial charge in [-0.25, -0.2) is 9.97 Å². The van der Waals surface area contributed by atoms with Crippen LogP contribution in [0.4, 0.5) is 0 Å². The van der Waals surface area contributed by atoms with Crippen LogP contribution in [0.1, 0.15) is 16.2 Å². The zero-order valence-corrected chi connectivity index (χ0v) is 8.84. The molecule has 0 aliphatic heterocycles. The van der Waals surface area contributed by atoms with E-state index in [4.69, 9.17) is 5.73 Å². The summed E-state index contributed by atoms with van der Waals surface area (Å²) in [5.41, 5.74) is 7.04. The summed E-state index contributed by atoms with van der Waals surface area (Å²) < 4.78 is 0. The van der Waals surface area contributed by atoms with Crippen molar-refractivity contribution in [2.24, 2.45) is 5.73 Å². The van der Waals surface area contributed by atoms with E-state index in [1.807, 2.05) is 30.3 Å². The van der Waals surface area contributed by atoms with E-state index in [2.05, 4.69) is 9.97 Å². The molecule has 0 spiro atoms. The second-order valence-corrected chi connectivity index (χ2v) is 3.45. The van der Waals surface area contributed by atoms with Crippen molar-refractivity contribution in [1.82, 2.24) is 9.97 Å². The minimum atomic E-state index is -0.539. The van der Waals surface area contributed by atoms with Crippen molar-refractivity contribution in [2.45, 2.75) is 6.92 Å². The van der Waals surface area contributed by atoms with Crippen molar-refractivity contribution in [1.29, 1.82) is 0 Å². The lowest BCUT2D eigenvalue weighted by Gasteiger charge is -2.03. The van der Waals surface area contributed by atoms with Gasteiger partial charge < -0.3 is 5.73 Å². The van der Waals surface area contributed by atoms with Gasteiger partial charge in [0.1, 0.15) is 5.69 Å². The maximum atomic E-state index is 11.1. The van der Waals surface area contributed by atoms with E-state index in [-0.39, 0.29) is 5.69 Å². The number of carbonyl (C=O) groups is 1. The summed E-state index contributed by atoms with van der Waals surface area (Å²) in [6, 6.07) is 11.1. The molecule has 2 aromatic rings. The third-order valence-electron chi connectivity index (χ3n) is 2.14. The summed E-state index contributed by atoms with van der Waals surface area (Å²) in [6.07, 6.45) is 0. The summed E-state index contributed by atoms with van der Waals surface area (Å²) in [4.78, 5) is 19.5. The smallest absolute Gasteiger partial charge is 0.267 e. The molecule has 0 saturated heterocycles. The van der Waals surface area contributed by atoms with Crippen LogP contribution in [0.3, 0.4) is 0 Å². The van der Waals surface area contributed by atoms with Gasteiger partial charge in [-0.2, -0.15) is 0 Å². The van der Waals surface area contributed by atoms with Gasteiger partial charge in [0.05, 0.1) is 0 Å². The lowest BCUT2D eigenvalue weighted by Crippen LogP contribution is -2.14. The lowest BCUT2D eigenvalue weighted by molar-refractivity contribution is 0.0995. The Balaban J connectivity index is 2.54. The first kappa shape index (κ1) is 10.3. The zero-order chi connectivity index (χ0) is 11.5. The number of aryl methyl sites for hydroxylation is 1. The van der Waals surface area contributed by atoms with E-state index in [0.29, 0.717) is 5.82 Å². The summed E-state index contributed by atoms with van der Waals surface area (Å²) in [5.74, 6) is -0.0166. The van der Waals surface area contributed by atoms with Crippen molar-refractivity contribution < 1.29 is 4.79 Å². The molecular weight excluding hydrogens is 202 g/mol. The molecular formula is C12H11N3O. The summed E-state index contributed by atoms with van der Waals surface area (Å²) in [6.45, 7) is 1.81. The molecule has 2 rings (SSSR count). The summed E-state index contributed by atoms with van der Waals surface area (Å²) >= 11 is 0. The lowest BCUT2D eigenvalue weighted by atomic mass is 10.2. The van der Waals surface area contributed by atoms with Crippen molar-refractivity contribution in [3.8, 4) is 11.4 Å². The SMILES string of the molecule is Cc1cc(C(N)=O)nc(-c2ccccc2)n1. The predicted octanol–water partition coefficient (Wildman–Crippen LogP) is 1.55. The molecule has 0 unspecified atom stereocenters. The fraction of sp³-hybridized carbons (Fsp3) is 0.0833. The molecule has 2 N–H and O–H groups in total. The molecule has 1 aromatic heterocycles. The Bertz CT molecular complexity index is 523. The molecule has 1 amide bonds. The third kappa shape index (κ3) is 2.06. The molecule has 1 aromatic carbocycles. The van der Waals surface area contributed by atoms with Crippen LogP contribution < -0.4 is 5.73 Å². The molecule has 0 aliphatic rings. The highest BCUT2D eigenvalue weighted by Gasteiger charge is 2.07. The molecule has 0 radical (unpaired) electrons. The van der Waals surface area contributed by atoms with Crippen LogP contribution in [0.25, 0.3) is 11.4 Å². The number of carbonyl (C=O) groups excluding carboxylic acids is 1. The number of aromatic nitrogens is 2. The molecule has 1 heterocycles. The van der Waals surface area contributed by atoms with Gasteiger partial charge in [0.25, 0.3) is 5.91 Å². The van der Waals surface area contributed by atoms with E-state index in [1.54, 1.807) is 13.0 Å². The highest BCUT2D eigenvalue weighted by Crippen LogP contribution is 2.14. The van der Waals surface area contributed by atoms with Gasteiger partial charge in [-0.1, -0.05) is 30.3 Å². The van der Waals surface area contributed by atoms with Crippen LogP contribution in [0.15, 0.2) is 36.4 Å². The molecule has 0 aliphatic carbocycles. The van der Waals surface area contributed by atoms with Crippen molar-refractivity contribution in [3.05, 3.63) is 47.8 Å². The first-order valence-corrected chi connectivity index (χ1v) is 4.88. The second-order valence-electron chi connectivity index (χ2n) is 3.45. The normalized spacial score (nSPS) is 10.1. The van der Waals surface area contributed by atoms with Crippen LogP contribution in [0, 0.1) is 6.92 Å². The fourth-order valence-corrected chi connectivity index (χ4v) is 1.41. The van der Waals surface area contributed by atoms with Crippen molar-refractivity contribution in [2.75, 3.05) is 0 Å². The molecule has 0 bridgehead atoms. The Hall–Kier alpha value is -2.23. The average molecular weight is 213 g/mol. The minimum Gasteiger partial charge on any atom is -0.364 e. The Morgan fingerprint density at radius 3 is 2.50 bits per heavy atom. The van der Waals surface area contributed by atoms with Gasteiger partial charge in [0.15, 0.2) is 5.82 Å². The first-order chi connectivity index (χ1) is 7.66. The maximum absolute atomic E-state index is 11.1. The van der Waals surface area contributed by atoms with E-state index in [9.17, 15) is 4.79 Å². The highest BCUT2D eigenvalue weighted by atomic mass is 16.1. The number of primary amides is 1. The predicted molar refractivity (Wildman–Crippen MR) is 60.7 cm³/mol. The van der Waals surface area contributed by atoms with Crippen molar-refractivity contribution in [3.63, 3.8) is 0 Å². The fourth-order valence-electron chi connectivity index (χ4n) is 1.41.